The zero-order chi connectivity index (χ0) is 12.3. The Morgan fingerprint density at radius 1 is 1.27 bits per heavy atom. The molecule has 0 aliphatic rings. The molecule has 0 radical (unpaired) electrons. The van der Waals surface area contributed by atoms with Gasteiger partial charge in [0.1, 0.15) is 0 Å². The predicted molar refractivity (Wildman–Crippen MR) is 61.5 cm³/mol. The Labute approximate surface area is 93.5 Å². The van der Waals surface area contributed by atoms with E-state index in [2.05, 4.69) is 20.8 Å². The van der Waals surface area contributed by atoms with Crippen LogP contribution in [-0.2, 0) is 9.36 Å². The monoisotopic (exact) mass is 232 g/mol. The standard InChI is InChI=1S/C11H21O3P/c1-10(2,3)7-11(4,5)8(15-14)6-9(12)13/h8H,6-7H2,1-5H3,(H,12,13)/t8-/m0/s1. The van der Waals surface area contributed by atoms with Crippen molar-refractivity contribution in [1.82, 2.24) is 0 Å². The van der Waals surface area contributed by atoms with E-state index in [1.807, 2.05) is 13.8 Å². The molecule has 1 atom stereocenters. The van der Waals surface area contributed by atoms with Gasteiger partial charge in [0.25, 0.3) is 0 Å². The lowest BCUT2D eigenvalue weighted by Gasteiger charge is -2.35. The molecule has 0 aromatic heterocycles. The number of rotatable bonds is 5. The van der Waals surface area contributed by atoms with Crippen molar-refractivity contribution >= 4 is 14.4 Å². The van der Waals surface area contributed by atoms with E-state index < -0.39 is 5.97 Å². The van der Waals surface area contributed by atoms with Crippen molar-refractivity contribution in [2.75, 3.05) is 0 Å². The van der Waals surface area contributed by atoms with Gasteiger partial charge in [-0.05, 0) is 17.3 Å². The third-order valence-electron chi connectivity index (χ3n) is 2.38. The summed E-state index contributed by atoms with van der Waals surface area (Å²) < 4.78 is 11.0. The van der Waals surface area contributed by atoms with Crippen LogP contribution in [0.4, 0.5) is 0 Å². The molecule has 0 fully saturated rings. The van der Waals surface area contributed by atoms with Gasteiger partial charge in [0, 0.05) is 0 Å². The van der Waals surface area contributed by atoms with Crippen molar-refractivity contribution in [3.63, 3.8) is 0 Å². The summed E-state index contributed by atoms with van der Waals surface area (Å²) in [6, 6.07) is 0. The molecule has 0 unspecified atom stereocenters. The lowest BCUT2D eigenvalue weighted by Crippen LogP contribution is -2.31. The first-order valence-electron chi connectivity index (χ1n) is 5.13. The Morgan fingerprint density at radius 2 is 1.73 bits per heavy atom. The number of carboxylic acids is 1. The van der Waals surface area contributed by atoms with Crippen LogP contribution in [0.3, 0.4) is 0 Å². The molecule has 0 heterocycles. The van der Waals surface area contributed by atoms with E-state index in [9.17, 15) is 9.36 Å². The van der Waals surface area contributed by atoms with Crippen LogP contribution in [0, 0.1) is 10.8 Å². The van der Waals surface area contributed by atoms with E-state index >= 15 is 0 Å². The Hall–Kier alpha value is -0.430. The first-order valence-corrected chi connectivity index (χ1v) is 6.01. The van der Waals surface area contributed by atoms with Crippen LogP contribution in [0.2, 0.25) is 0 Å². The van der Waals surface area contributed by atoms with Crippen molar-refractivity contribution in [1.29, 1.82) is 0 Å². The Kier molecular flexibility index (Phi) is 4.92. The first-order chi connectivity index (χ1) is 6.58. The van der Waals surface area contributed by atoms with Gasteiger partial charge in [0.15, 0.2) is 8.46 Å². The molecule has 15 heavy (non-hydrogen) atoms. The second-order valence-electron chi connectivity index (χ2n) is 5.95. The average Bonchev–Trinajstić information content (AvgIpc) is 1.94. The van der Waals surface area contributed by atoms with Gasteiger partial charge in [0.2, 0.25) is 0 Å². The second kappa shape index (κ2) is 5.07. The highest BCUT2D eigenvalue weighted by Gasteiger charge is 2.35. The summed E-state index contributed by atoms with van der Waals surface area (Å²) in [7, 11) is -0.0684. The van der Waals surface area contributed by atoms with Gasteiger partial charge in [-0.3, -0.25) is 9.36 Å². The number of carbonyl (C=O) groups is 1. The molecule has 0 rings (SSSR count). The summed E-state index contributed by atoms with van der Waals surface area (Å²) in [6.45, 7) is 10.3. The summed E-state index contributed by atoms with van der Waals surface area (Å²) in [5.41, 5.74) is -0.417. The van der Waals surface area contributed by atoms with Gasteiger partial charge >= 0.3 is 5.97 Å². The summed E-state index contributed by atoms with van der Waals surface area (Å²) >= 11 is 0. The number of hydrogen-bond acceptors (Lipinski definition) is 2. The van der Waals surface area contributed by atoms with Crippen LogP contribution in [0.25, 0.3) is 0 Å². The maximum Gasteiger partial charge on any atom is 0.304 e. The van der Waals surface area contributed by atoms with Crippen LogP contribution in [0.1, 0.15) is 47.5 Å². The lowest BCUT2D eigenvalue weighted by molar-refractivity contribution is -0.137. The fourth-order valence-corrected chi connectivity index (χ4v) is 2.71. The maximum atomic E-state index is 11.0. The van der Waals surface area contributed by atoms with Gasteiger partial charge in [-0.15, -0.1) is 0 Å². The number of carboxylic acid groups (broad SMARTS) is 1. The van der Waals surface area contributed by atoms with Crippen molar-refractivity contribution in [2.45, 2.75) is 53.1 Å². The van der Waals surface area contributed by atoms with Gasteiger partial charge in [-0.25, -0.2) is 0 Å². The Balaban J connectivity index is 4.65. The number of aliphatic carboxylic acids is 1. The molecule has 0 aliphatic heterocycles. The summed E-state index contributed by atoms with van der Waals surface area (Å²) in [4.78, 5) is 10.6. The summed E-state index contributed by atoms with van der Waals surface area (Å²) in [5.74, 6) is -0.884. The molecular formula is C11H21O3P. The fourth-order valence-electron chi connectivity index (χ4n) is 2.11. The predicted octanol–water partition coefficient (Wildman–Crippen LogP) is 3.58. The second-order valence-corrected chi connectivity index (χ2v) is 6.78. The smallest absolute Gasteiger partial charge is 0.304 e. The molecule has 3 nitrogen and oxygen atoms in total. The zero-order valence-electron chi connectivity index (χ0n) is 10.2. The molecule has 88 valence electrons. The molecule has 0 saturated carbocycles. The molecule has 0 saturated heterocycles. The SMILES string of the molecule is CC(C)(C)CC(C)(C)[C@H](CC(=O)O)P=O. The lowest BCUT2D eigenvalue weighted by atomic mass is 9.73. The van der Waals surface area contributed by atoms with Gasteiger partial charge in [0.05, 0.1) is 12.1 Å². The highest BCUT2D eigenvalue weighted by molar-refractivity contribution is 7.24. The topological polar surface area (TPSA) is 54.4 Å². The summed E-state index contributed by atoms with van der Waals surface area (Å²) in [5, 5.41) is 8.73. The van der Waals surface area contributed by atoms with Crippen LogP contribution in [-0.4, -0.2) is 16.7 Å². The molecule has 1 N–H and O–H groups in total. The fraction of sp³-hybridized carbons (Fsp3) is 0.909. The van der Waals surface area contributed by atoms with Gasteiger partial charge in [-0.1, -0.05) is 34.6 Å². The van der Waals surface area contributed by atoms with Crippen LogP contribution < -0.4 is 0 Å². The average molecular weight is 232 g/mol. The third-order valence-corrected chi connectivity index (χ3v) is 3.52. The molecule has 0 aromatic carbocycles. The normalized spacial score (nSPS) is 15.3. The summed E-state index contributed by atoms with van der Waals surface area (Å²) in [6.07, 6.45) is 0.821. The quantitative estimate of drug-likeness (QED) is 0.737. The largest absolute Gasteiger partial charge is 0.481 e. The van der Waals surface area contributed by atoms with Crippen molar-refractivity contribution in [2.24, 2.45) is 10.8 Å². The molecule has 0 bridgehead atoms. The Bertz CT molecular complexity index is 241. The maximum absolute atomic E-state index is 11.0. The van der Waals surface area contributed by atoms with Crippen LogP contribution in [0.5, 0.6) is 0 Å². The molecular weight excluding hydrogens is 211 g/mol. The minimum absolute atomic E-state index is 0.0336. The third kappa shape index (κ3) is 5.88. The van der Waals surface area contributed by atoms with Crippen molar-refractivity contribution < 1.29 is 14.5 Å². The minimum Gasteiger partial charge on any atom is -0.481 e. The number of hydrogen-bond donors (Lipinski definition) is 1. The zero-order valence-corrected chi connectivity index (χ0v) is 11.1. The highest BCUT2D eigenvalue weighted by Crippen LogP contribution is 2.41. The van der Waals surface area contributed by atoms with Crippen LogP contribution >= 0.6 is 8.46 Å². The molecule has 0 aliphatic carbocycles. The van der Waals surface area contributed by atoms with E-state index in [1.54, 1.807) is 0 Å². The van der Waals surface area contributed by atoms with E-state index in [1.165, 1.54) is 0 Å². The first kappa shape index (κ1) is 14.6. The van der Waals surface area contributed by atoms with Crippen molar-refractivity contribution in [3.8, 4) is 0 Å². The Morgan fingerprint density at radius 3 is 2.00 bits per heavy atom. The molecule has 0 aromatic rings. The van der Waals surface area contributed by atoms with E-state index in [4.69, 9.17) is 5.11 Å². The van der Waals surface area contributed by atoms with Gasteiger partial charge < -0.3 is 5.11 Å². The highest BCUT2D eigenvalue weighted by atomic mass is 31.1. The van der Waals surface area contributed by atoms with Gasteiger partial charge in [-0.2, -0.15) is 0 Å². The molecule has 0 spiro atoms. The van der Waals surface area contributed by atoms with E-state index in [0.717, 1.165) is 6.42 Å². The van der Waals surface area contributed by atoms with Crippen molar-refractivity contribution in [3.05, 3.63) is 0 Å². The molecule has 4 heteroatoms. The van der Waals surface area contributed by atoms with E-state index in [-0.39, 0.29) is 31.4 Å². The van der Waals surface area contributed by atoms with E-state index in [0.29, 0.717) is 0 Å². The molecule has 0 amide bonds. The minimum atomic E-state index is -0.884. The van der Waals surface area contributed by atoms with Crippen LogP contribution in [0.15, 0.2) is 0 Å².